The molecule has 1 aliphatic rings. The Labute approximate surface area is 135 Å². The van der Waals surface area contributed by atoms with Gasteiger partial charge in [0, 0.05) is 11.9 Å². The zero-order chi connectivity index (χ0) is 15.6. The van der Waals surface area contributed by atoms with Crippen molar-refractivity contribution in [2.45, 2.75) is 12.5 Å². The molecule has 0 spiro atoms. The molecule has 23 heavy (non-hydrogen) atoms. The van der Waals surface area contributed by atoms with Crippen LogP contribution in [0.25, 0.3) is 0 Å². The molecule has 1 unspecified atom stereocenters. The minimum atomic E-state index is -0.0662. The molecule has 2 aromatic carbocycles. The molecule has 2 heterocycles. The summed E-state index contributed by atoms with van der Waals surface area (Å²) in [7, 11) is 0. The number of amides is 1. The SMILES string of the molecule is O=C1c2cccnc2C(Cc2ccccc2)N1c1ccccc1. The van der Waals surface area contributed by atoms with Crippen LogP contribution in [0.5, 0.6) is 0 Å². The Balaban J connectivity index is 1.79. The normalized spacial score (nSPS) is 16.4. The van der Waals surface area contributed by atoms with Gasteiger partial charge in [0.2, 0.25) is 0 Å². The van der Waals surface area contributed by atoms with Gasteiger partial charge >= 0.3 is 0 Å². The van der Waals surface area contributed by atoms with Crippen molar-refractivity contribution in [2.24, 2.45) is 0 Å². The zero-order valence-electron chi connectivity index (χ0n) is 12.6. The van der Waals surface area contributed by atoms with Crippen LogP contribution in [0, 0.1) is 0 Å². The molecule has 112 valence electrons. The molecule has 0 aliphatic carbocycles. The number of para-hydroxylation sites is 1. The first-order valence-electron chi connectivity index (χ1n) is 7.72. The second-order valence-corrected chi connectivity index (χ2v) is 5.65. The van der Waals surface area contributed by atoms with Crippen LogP contribution in [0.3, 0.4) is 0 Å². The molecule has 3 heteroatoms. The van der Waals surface area contributed by atoms with E-state index in [4.69, 9.17) is 0 Å². The smallest absolute Gasteiger partial charge is 0.260 e. The molecule has 1 amide bonds. The second-order valence-electron chi connectivity index (χ2n) is 5.65. The number of hydrogen-bond donors (Lipinski definition) is 0. The van der Waals surface area contributed by atoms with Crippen molar-refractivity contribution < 1.29 is 4.79 Å². The molecular formula is C20H16N2O. The van der Waals surface area contributed by atoms with Crippen LogP contribution in [0.1, 0.15) is 27.7 Å². The Morgan fingerprint density at radius 1 is 0.870 bits per heavy atom. The lowest BCUT2D eigenvalue weighted by Crippen LogP contribution is -2.29. The van der Waals surface area contributed by atoms with Crippen LogP contribution >= 0.6 is 0 Å². The van der Waals surface area contributed by atoms with Crippen LogP contribution < -0.4 is 4.90 Å². The standard InChI is InChI=1S/C20H16N2O/c23-20-17-12-7-13-21-19(17)18(14-15-8-3-1-4-9-15)22(20)16-10-5-2-6-11-16/h1-13,18H,14H2. The maximum absolute atomic E-state index is 12.9. The molecule has 3 nitrogen and oxygen atoms in total. The molecule has 3 aromatic rings. The van der Waals surface area contributed by atoms with E-state index in [2.05, 4.69) is 17.1 Å². The van der Waals surface area contributed by atoms with Crippen LogP contribution in [-0.2, 0) is 6.42 Å². The second kappa shape index (κ2) is 5.69. The molecule has 1 aromatic heterocycles. The largest absolute Gasteiger partial charge is 0.299 e. The highest BCUT2D eigenvalue weighted by atomic mass is 16.2. The summed E-state index contributed by atoms with van der Waals surface area (Å²) < 4.78 is 0. The van der Waals surface area contributed by atoms with E-state index < -0.39 is 0 Å². The zero-order valence-corrected chi connectivity index (χ0v) is 12.6. The van der Waals surface area contributed by atoms with Crippen molar-refractivity contribution in [3.8, 4) is 0 Å². The van der Waals surface area contributed by atoms with Gasteiger partial charge in [-0.05, 0) is 36.2 Å². The Morgan fingerprint density at radius 3 is 2.30 bits per heavy atom. The Hall–Kier alpha value is -2.94. The van der Waals surface area contributed by atoms with Gasteiger partial charge in [-0.25, -0.2) is 0 Å². The molecule has 0 saturated carbocycles. The predicted octanol–water partition coefficient (Wildman–Crippen LogP) is 4.03. The van der Waals surface area contributed by atoms with Gasteiger partial charge in [0.15, 0.2) is 0 Å². The minimum absolute atomic E-state index is 0.0280. The fraction of sp³-hybridized carbons (Fsp3) is 0.100. The maximum Gasteiger partial charge on any atom is 0.260 e. The van der Waals surface area contributed by atoms with E-state index in [0.29, 0.717) is 5.56 Å². The number of rotatable bonds is 3. The first-order chi connectivity index (χ1) is 11.3. The summed E-state index contributed by atoms with van der Waals surface area (Å²) in [6.45, 7) is 0. The minimum Gasteiger partial charge on any atom is -0.299 e. The molecular weight excluding hydrogens is 284 g/mol. The summed E-state index contributed by atoms with van der Waals surface area (Å²) in [6.07, 6.45) is 2.52. The van der Waals surface area contributed by atoms with Crippen molar-refractivity contribution in [1.29, 1.82) is 0 Å². The Bertz CT molecular complexity index is 831. The van der Waals surface area contributed by atoms with Gasteiger partial charge in [-0.1, -0.05) is 48.5 Å². The lowest BCUT2D eigenvalue weighted by Gasteiger charge is -2.25. The number of nitrogens with zero attached hydrogens (tertiary/aromatic N) is 2. The third-order valence-electron chi connectivity index (χ3n) is 4.22. The van der Waals surface area contributed by atoms with Crippen LogP contribution in [0.4, 0.5) is 5.69 Å². The fourth-order valence-electron chi connectivity index (χ4n) is 3.17. The molecule has 4 rings (SSSR count). The number of hydrogen-bond acceptors (Lipinski definition) is 2. The number of anilines is 1. The Morgan fingerprint density at radius 2 is 1.57 bits per heavy atom. The number of fused-ring (bicyclic) bond motifs is 1. The summed E-state index contributed by atoms with van der Waals surface area (Å²) in [5, 5.41) is 0. The third kappa shape index (κ3) is 2.40. The highest BCUT2D eigenvalue weighted by Crippen LogP contribution is 2.37. The molecule has 0 saturated heterocycles. The highest BCUT2D eigenvalue weighted by Gasteiger charge is 2.38. The van der Waals surface area contributed by atoms with E-state index in [0.717, 1.165) is 17.8 Å². The quantitative estimate of drug-likeness (QED) is 0.732. The highest BCUT2D eigenvalue weighted by molar-refractivity contribution is 6.10. The first kappa shape index (κ1) is 13.7. The fourth-order valence-corrected chi connectivity index (χ4v) is 3.17. The monoisotopic (exact) mass is 300 g/mol. The van der Waals surface area contributed by atoms with Gasteiger partial charge in [0.05, 0.1) is 17.3 Å². The van der Waals surface area contributed by atoms with Gasteiger partial charge in [-0.3, -0.25) is 14.7 Å². The van der Waals surface area contributed by atoms with Crippen molar-refractivity contribution in [1.82, 2.24) is 4.98 Å². The first-order valence-corrected chi connectivity index (χ1v) is 7.72. The van der Waals surface area contributed by atoms with Crippen LogP contribution in [-0.4, -0.2) is 10.9 Å². The summed E-state index contributed by atoms with van der Waals surface area (Å²) in [6, 6.07) is 23.7. The third-order valence-corrected chi connectivity index (χ3v) is 4.22. The van der Waals surface area contributed by atoms with Gasteiger partial charge in [0.25, 0.3) is 5.91 Å². The predicted molar refractivity (Wildman–Crippen MR) is 90.4 cm³/mol. The van der Waals surface area contributed by atoms with Crippen molar-refractivity contribution in [3.63, 3.8) is 0 Å². The number of benzene rings is 2. The van der Waals surface area contributed by atoms with Crippen LogP contribution in [0.2, 0.25) is 0 Å². The number of carbonyl (C=O) groups excluding carboxylic acids is 1. The Kier molecular flexibility index (Phi) is 3.39. The van der Waals surface area contributed by atoms with Crippen molar-refractivity contribution >= 4 is 11.6 Å². The summed E-state index contributed by atoms with van der Waals surface area (Å²) in [5.41, 5.74) is 3.68. The van der Waals surface area contributed by atoms with E-state index in [1.165, 1.54) is 5.56 Å². The maximum atomic E-state index is 12.9. The van der Waals surface area contributed by atoms with E-state index in [9.17, 15) is 4.79 Å². The van der Waals surface area contributed by atoms with Gasteiger partial charge in [0.1, 0.15) is 0 Å². The molecule has 0 fully saturated rings. The van der Waals surface area contributed by atoms with E-state index in [-0.39, 0.29) is 11.9 Å². The van der Waals surface area contributed by atoms with Crippen molar-refractivity contribution in [3.05, 3.63) is 95.8 Å². The lowest BCUT2D eigenvalue weighted by molar-refractivity contribution is 0.0991. The summed E-state index contributed by atoms with van der Waals surface area (Å²) in [5.74, 6) is 0.0280. The van der Waals surface area contributed by atoms with E-state index >= 15 is 0 Å². The van der Waals surface area contributed by atoms with Crippen molar-refractivity contribution in [2.75, 3.05) is 4.90 Å². The molecule has 0 radical (unpaired) electrons. The molecule has 0 N–H and O–H groups in total. The average molecular weight is 300 g/mol. The van der Waals surface area contributed by atoms with Gasteiger partial charge in [-0.15, -0.1) is 0 Å². The van der Waals surface area contributed by atoms with Gasteiger partial charge < -0.3 is 0 Å². The average Bonchev–Trinajstić information content (AvgIpc) is 2.89. The summed E-state index contributed by atoms with van der Waals surface area (Å²) in [4.78, 5) is 19.2. The van der Waals surface area contributed by atoms with Crippen LogP contribution in [0.15, 0.2) is 79.0 Å². The van der Waals surface area contributed by atoms with Gasteiger partial charge in [-0.2, -0.15) is 0 Å². The summed E-state index contributed by atoms with van der Waals surface area (Å²) >= 11 is 0. The molecule has 1 atom stereocenters. The number of aromatic nitrogens is 1. The van der Waals surface area contributed by atoms with E-state index in [1.54, 1.807) is 6.20 Å². The topological polar surface area (TPSA) is 33.2 Å². The molecule has 1 aliphatic heterocycles. The molecule has 0 bridgehead atoms. The lowest BCUT2D eigenvalue weighted by atomic mass is 10.0. The number of pyridine rings is 1. The number of carbonyl (C=O) groups is 1. The van der Waals surface area contributed by atoms with E-state index in [1.807, 2.05) is 65.6 Å².